The molecule has 0 spiro atoms. The van der Waals surface area contributed by atoms with Crippen LogP contribution in [0.15, 0.2) is 52.4 Å². The Hall–Kier alpha value is -3.12. The highest BCUT2D eigenvalue weighted by Crippen LogP contribution is 2.55. The highest BCUT2D eigenvalue weighted by molar-refractivity contribution is 7.91. The van der Waals surface area contributed by atoms with E-state index in [1.165, 1.54) is 11.8 Å². The third kappa shape index (κ3) is 4.28. The Morgan fingerprint density at radius 1 is 0.949 bits per heavy atom. The molecule has 0 saturated carbocycles. The molecule has 3 aromatic carbocycles. The molecule has 3 aliphatic heterocycles. The second-order valence-electron chi connectivity index (χ2n) is 13.1. The Labute approximate surface area is 231 Å². The molecule has 2 unspecified atom stereocenters. The molecular weight excluding hydrogens is 504 g/mol. The first-order chi connectivity index (χ1) is 18.2. The average molecular weight is 542 g/mol. The molecule has 2 atom stereocenters. The van der Waals surface area contributed by atoms with E-state index in [0.717, 1.165) is 51.2 Å². The number of nitrogens with zero attached hydrogens (tertiary/aromatic N) is 2. The summed E-state index contributed by atoms with van der Waals surface area (Å²) in [6.45, 7) is 15.0. The van der Waals surface area contributed by atoms with E-state index in [4.69, 9.17) is 15.0 Å². The van der Waals surface area contributed by atoms with Crippen LogP contribution in [0.4, 0.5) is 5.69 Å². The molecule has 0 aromatic heterocycles. The van der Waals surface area contributed by atoms with Gasteiger partial charge in [0.2, 0.25) is 0 Å². The predicted molar refractivity (Wildman–Crippen MR) is 157 cm³/mol. The fraction of sp³-hybridized carbons (Fsp3) is 0.424. The molecule has 6 rings (SSSR count). The van der Waals surface area contributed by atoms with Crippen LogP contribution < -0.4 is 15.3 Å². The molecule has 0 N–H and O–H groups in total. The van der Waals surface area contributed by atoms with Crippen LogP contribution in [-0.2, 0) is 9.84 Å². The van der Waals surface area contributed by atoms with E-state index >= 15 is 0 Å². The van der Waals surface area contributed by atoms with Crippen molar-refractivity contribution in [3.05, 3.63) is 86.2 Å². The topological polar surface area (TPSA) is 69.8 Å². The first kappa shape index (κ1) is 26.1. The van der Waals surface area contributed by atoms with Crippen molar-refractivity contribution in [3.8, 4) is 11.5 Å². The first-order valence-electron chi connectivity index (χ1n) is 13.8. The SMILES string of the molecule is Cc1ccccc1C1=c2cc3c(cc2Oc2c1cc1c(c2S(C)(=O)=O)[N-]C(C)(C)CC1C)=NC(C)(C)CC3C. The van der Waals surface area contributed by atoms with Crippen molar-refractivity contribution < 1.29 is 13.2 Å². The molecule has 5 nitrogen and oxygen atoms in total. The van der Waals surface area contributed by atoms with Crippen LogP contribution in [0.5, 0.6) is 11.5 Å². The molecule has 6 heteroatoms. The lowest BCUT2D eigenvalue weighted by molar-refractivity contribution is 0.405. The van der Waals surface area contributed by atoms with Crippen LogP contribution in [0.3, 0.4) is 0 Å². The molecule has 3 heterocycles. The van der Waals surface area contributed by atoms with Crippen LogP contribution >= 0.6 is 0 Å². The van der Waals surface area contributed by atoms with E-state index in [2.05, 4.69) is 72.7 Å². The van der Waals surface area contributed by atoms with Gasteiger partial charge in [0, 0.05) is 28.7 Å². The van der Waals surface area contributed by atoms with Gasteiger partial charge >= 0.3 is 0 Å². The lowest BCUT2D eigenvalue weighted by atomic mass is 9.79. The summed E-state index contributed by atoms with van der Waals surface area (Å²) >= 11 is 0. The zero-order valence-electron chi connectivity index (χ0n) is 24.1. The highest BCUT2D eigenvalue weighted by Gasteiger charge is 2.34. The largest absolute Gasteiger partial charge is 0.678 e. The summed E-state index contributed by atoms with van der Waals surface area (Å²) in [6.07, 6.45) is 3.08. The molecule has 0 amide bonds. The van der Waals surface area contributed by atoms with Gasteiger partial charge in [0.1, 0.15) is 5.75 Å². The molecule has 3 aliphatic rings. The van der Waals surface area contributed by atoms with Crippen LogP contribution in [-0.4, -0.2) is 25.8 Å². The van der Waals surface area contributed by atoms with E-state index in [1.54, 1.807) is 0 Å². The van der Waals surface area contributed by atoms with E-state index in [1.807, 2.05) is 18.2 Å². The Morgan fingerprint density at radius 2 is 1.64 bits per heavy atom. The zero-order valence-corrected chi connectivity index (χ0v) is 25.0. The summed E-state index contributed by atoms with van der Waals surface area (Å²) in [5.41, 5.74) is 6.21. The number of fused-ring (bicyclic) bond motifs is 4. The van der Waals surface area contributed by atoms with Gasteiger partial charge in [-0.1, -0.05) is 63.9 Å². The molecule has 0 saturated heterocycles. The van der Waals surface area contributed by atoms with E-state index in [9.17, 15) is 8.42 Å². The molecule has 204 valence electrons. The number of benzene rings is 3. The van der Waals surface area contributed by atoms with Gasteiger partial charge < -0.3 is 10.1 Å². The number of rotatable bonds is 2. The summed E-state index contributed by atoms with van der Waals surface area (Å²) in [4.78, 5) is 5.24. The monoisotopic (exact) mass is 541 g/mol. The Kier molecular flexibility index (Phi) is 5.65. The van der Waals surface area contributed by atoms with Crippen LogP contribution in [0, 0.1) is 6.92 Å². The lowest BCUT2D eigenvalue weighted by Gasteiger charge is -2.51. The third-order valence-electron chi connectivity index (χ3n) is 8.41. The maximum atomic E-state index is 13.5. The van der Waals surface area contributed by atoms with Gasteiger partial charge in [0.05, 0.1) is 15.8 Å². The molecule has 0 bridgehead atoms. The normalized spacial score (nSPS) is 22.3. The van der Waals surface area contributed by atoms with Gasteiger partial charge in [-0.25, -0.2) is 8.42 Å². The van der Waals surface area contributed by atoms with Gasteiger partial charge in [-0.15, -0.1) is 11.2 Å². The Bertz CT molecular complexity index is 1780. The maximum Gasteiger partial charge on any atom is 0.178 e. The minimum Gasteiger partial charge on any atom is -0.678 e. The molecule has 3 aromatic rings. The van der Waals surface area contributed by atoms with E-state index in [0.29, 0.717) is 23.1 Å². The second kappa shape index (κ2) is 8.44. The molecule has 39 heavy (non-hydrogen) atoms. The smallest absolute Gasteiger partial charge is 0.178 e. The van der Waals surface area contributed by atoms with Crippen molar-refractivity contribution in [2.75, 3.05) is 6.26 Å². The zero-order chi connectivity index (χ0) is 28.1. The fourth-order valence-corrected chi connectivity index (χ4v) is 7.97. The average Bonchev–Trinajstić information content (AvgIpc) is 2.79. The maximum absolute atomic E-state index is 13.5. The lowest BCUT2D eigenvalue weighted by Crippen LogP contribution is -2.34. The van der Waals surface area contributed by atoms with Gasteiger partial charge in [0.15, 0.2) is 15.6 Å². The van der Waals surface area contributed by atoms with Gasteiger partial charge in [-0.2, -0.15) is 0 Å². The van der Waals surface area contributed by atoms with E-state index in [-0.39, 0.29) is 21.9 Å². The van der Waals surface area contributed by atoms with Crippen molar-refractivity contribution in [2.45, 2.75) is 89.1 Å². The van der Waals surface area contributed by atoms with E-state index < -0.39 is 9.84 Å². The number of aryl methyl sites for hydroxylation is 1. The second-order valence-corrected chi connectivity index (χ2v) is 15.0. The summed E-state index contributed by atoms with van der Waals surface area (Å²) in [5, 5.41) is 6.89. The fourth-order valence-electron chi connectivity index (χ4n) is 6.97. The number of hydrogen-bond acceptors (Lipinski definition) is 4. The van der Waals surface area contributed by atoms with Crippen LogP contribution in [0.1, 0.15) is 94.0 Å². The van der Waals surface area contributed by atoms with Gasteiger partial charge in [-0.05, 0) is 67.9 Å². The highest BCUT2D eigenvalue weighted by atomic mass is 32.2. The third-order valence-corrected chi connectivity index (χ3v) is 9.54. The molecule has 0 fully saturated rings. The van der Waals surface area contributed by atoms with Crippen molar-refractivity contribution in [1.29, 1.82) is 0 Å². The summed E-state index contributed by atoms with van der Waals surface area (Å²) in [5.74, 6) is 1.51. The van der Waals surface area contributed by atoms with Crippen molar-refractivity contribution in [2.24, 2.45) is 4.99 Å². The Morgan fingerprint density at radius 3 is 2.33 bits per heavy atom. The first-order valence-corrected chi connectivity index (χ1v) is 15.7. The minimum absolute atomic E-state index is 0.155. The Balaban J connectivity index is 1.79. The number of hydrogen-bond donors (Lipinski definition) is 0. The van der Waals surface area contributed by atoms with Crippen LogP contribution in [0.25, 0.3) is 10.9 Å². The molecular formula is C33H37N2O3S-. The summed E-state index contributed by atoms with van der Waals surface area (Å²) < 4.78 is 33.7. The standard InChI is InChI=1S/C33H37N2O3S/c1-18-11-9-10-12-21(18)28-24-13-22-19(2)16-32(4,5)34-26(22)15-27(24)38-30-25(28)14-23-20(3)17-33(6,7)35-29(23)31(30)39(8,36)37/h9-15,19-20H,16-17H2,1-8H3/q-1. The molecule has 0 radical (unpaired) electrons. The quantitative estimate of drug-likeness (QED) is 0.276. The van der Waals surface area contributed by atoms with Crippen molar-refractivity contribution in [3.63, 3.8) is 0 Å². The van der Waals surface area contributed by atoms with Crippen molar-refractivity contribution in [1.82, 2.24) is 0 Å². The van der Waals surface area contributed by atoms with Gasteiger partial charge in [-0.3, -0.25) is 4.99 Å². The summed E-state index contributed by atoms with van der Waals surface area (Å²) in [6, 6.07) is 14.7. The predicted octanol–water partition coefficient (Wildman–Crippen LogP) is 6.95. The molecule has 0 aliphatic carbocycles. The number of ether oxygens (including phenoxy) is 1. The van der Waals surface area contributed by atoms with Crippen molar-refractivity contribution >= 4 is 21.1 Å². The summed E-state index contributed by atoms with van der Waals surface area (Å²) in [7, 11) is -3.68. The minimum atomic E-state index is -3.68. The van der Waals surface area contributed by atoms with Crippen LogP contribution in [0.2, 0.25) is 0 Å². The number of sulfone groups is 1. The van der Waals surface area contributed by atoms with Gasteiger partial charge in [0.25, 0.3) is 0 Å².